The molecule has 0 radical (unpaired) electrons. The van der Waals surface area contributed by atoms with Crippen molar-refractivity contribution in [3.05, 3.63) is 53.3 Å². The van der Waals surface area contributed by atoms with Crippen LogP contribution in [0.4, 0.5) is 10.2 Å². The maximum Gasteiger partial charge on any atom is 0.231 e. The Hall–Kier alpha value is -2.96. The lowest BCUT2D eigenvalue weighted by atomic mass is 9.95. The fourth-order valence-electron chi connectivity index (χ4n) is 3.69. The third-order valence-electron chi connectivity index (χ3n) is 5.49. The Morgan fingerprint density at radius 3 is 2.64 bits per heavy atom. The molecular weight excluding hydrogens is 359 g/mol. The standard InChI is InChI=1S/C21H23FN4O2/c1-13-14(2)28-21-18(13)19(24-12-25-21)26-9-7-16(8-10-26)20(27)23-11-15-3-5-17(22)6-4-15/h3-6,12,16H,7-11H2,1-2H3,(H,23,27). The zero-order valence-electron chi connectivity index (χ0n) is 16.0. The Morgan fingerprint density at radius 2 is 1.93 bits per heavy atom. The van der Waals surface area contributed by atoms with Gasteiger partial charge in [-0.05, 0) is 44.4 Å². The fourth-order valence-corrected chi connectivity index (χ4v) is 3.69. The van der Waals surface area contributed by atoms with E-state index in [2.05, 4.69) is 20.2 Å². The summed E-state index contributed by atoms with van der Waals surface area (Å²) in [5.41, 5.74) is 2.56. The zero-order chi connectivity index (χ0) is 19.7. The van der Waals surface area contributed by atoms with E-state index in [1.165, 1.54) is 18.5 Å². The Kier molecular flexibility index (Phi) is 4.98. The average Bonchev–Trinajstić information content (AvgIpc) is 3.01. The number of rotatable bonds is 4. The largest absolute Gasteiger partial charge is 0.443 e. The SMILES string of the molecule is Cc1oc2ncnc(N3CCC(C(=O)NCc4ccc(F)cc4)CC3)c2c1C. The van der Waals surface area contributed by atoms with Gasteiger partial charge in [-0.1, -0.05) is 12.1 Å². The number of aryl methyl sites for hydroxylation is 2. The molecular formula is C21H23FN4O2. The van der Waals surface area contributed by atoms with Gasteiger partial charge in [0.2, 0.25) is 11.6 Å². The van der Waals surface area contributed by atoms with Crippen molar-refractivity contribution in [1.82, 2.24) is 15.3 Å². The molecule has 3 heterocycles. The van der Waals surface area contributed by atoms with Gasteiger partial charge in [-0.25, -0.2) is 14.4 Å². The summed E-state index contributed by atoms with van der Waals surface area (Å²) in [4.78, 5) is 23.4. The number of carbonyl (C=O) groups excluding carboxylic acids is 1. The number of carbonyl (C=O) groups is 1. The highest BCUT2D eigenvalue weighted by Gasteiger charge is 2.27. The van der Waals surface area contributed by atoms with Gasteiger partial charge >= 0.3 is 0 Å². The lowest BCUT2D eigenvalue weighted by Gasteiger charge is -2.32. The van der Waals surface area contributed by atoms with E-state index in [0.717, 1.165) is 54.0 Å². The van der Waals surface area contributed by atoms with E-state index in [4.69, 9.17) is 4.42 Å². The first-order chi connectivity index (χ1) is 13.5. The number of nitrogens with one attached hydrogen (secondary N) is 1. The van der Waals surface area contributed by atoms with Crippen LogP contribution in [-0.2, 0) is 11.3 Å². The molecule has 0 spiro atoms. The molecule has 0 unspecified atom stereocenters. The number of piperidine rings is 1. The minimum absolute atomic E-state index is 0.0267. The van der Waals surface area contributed by atoms with Crippen molar-refractivity contribution in [3.63, 3.8) is 0 Å². The van der Waals surface area contributed by atoms with E-state index in [0.29, 0.717) is 12.3 Å². The van der Waals surface area contributed by atoms with Crippen LogP contribution >= 0.6 is 0 Å². The van der Waals surface area contributed by atoms with Gasteiger partial charge in [0.25, 0.3) is 0 Å². The maximum atomic E-state index is 13.0. The fraction of sp³-hybridized carbons (Fsp3) is 0.381. The Bertz CT molecular complexity index is 992. The maximum absolute atomic E-state index is 13.0. The summed E-state index contributed by atoms with van der Waals surface area (Å²) in [7, 11) is 0. The van der Waals surface area contributed by atoms with Crippen molar-refractivity contribution >= 4 is 22.8 Å². The van der Waals surface area contributed by atoms with Gasteiger partial charge in [-0.3, -0.25) is 4.79 Å². The summed E-state index contributed by atoms with van der Waals surface area (Å²) in [6.07, 6.45) is 3.05. The van der Waals surface area contributed by atoms with Gasteiger partial charge in [0.05, 0.1) is 5.39 Å². The van der Waals surface area contributed by atoms with Crippen LogP contribution in [0.2, 0.25) is 0 Å². The second-order valence-corrected chi connectivity index (χ2v) is 7.27. The zero-order valence-corrected chi connectivity index (χ0v) is 16.0. The number of hydrogen-bond donors (Lipinski definition) is 1. The third kappa shape index (κ3) is 3.56. The molecule has 1 aliphatic heterocycles. The Morgan fingerprint density at radius 1 is 1.21 bits per heavy atom. The summed E-state index contributed by atoms with van der Waals surface area (Å²) < 4.78 is 18.7. The van der Waals surface area contributed by atoms with Crippen molar-refractivity contribution < 1.29 is 13.6 Å². The molecule has 0 aliphatic carbocycles. The van der Waals surface area contributed by atoms with Crippen molar-refractivity contribution in [2.45, 2.75) is 33.2 Å². The van der Waals surface area contributed by atoms with E-state index < -0.39 is 0 Å². The number of amides is 1. The summed E-state index contributed by atoms with van der Waals surface area (Å²) in [5, 5.41) is 3.92. The lowest BCUT2D eigenvalue weighted by molar-refractivity contribution is -0.125. The number of benzene rings is 1. The normalized spacial score (nSPS) is 15.2. The molecule has 1 fully saturated rings. The predicted octanol–water partition coefficient (Wildman–Crippen LogP) is 3.51. The molecule has 1 saturated heterocycles. The van der Waals surface area contributed by atoms with Crippen LogP contribution in [-0.4, -0.2) is 29.0 Å². The molecule has 6 nitrogen and oxygen atoms in total. The molecule has 1 N–H and O–H groups in total. The van der Waals surface area contributed by atoms with Gasteiger partial charge in [0.15, 0.2) is 0 Å². The summed E-state index contributed by atoms with van der Waals surface area (Å²) >= 11 is 0. The molecule has 1 aliphatic rings. The van der Waals surface area contributed by atoms with Crippen molar-refractivity contribution in [3.8, 4) is 0 Å². The molecule has 1 aromatic carbocycles. The first-order valence-electron chi connectivity index (χ1n) is 9.50. The minimum Gasteiger partial charge on any atom is -0.443 e. The molecule has 3 aromatic rings. The number of anilines is 1. The van der Waals surface area contributed by atoms with Crippen LogP contribution in [0.5, 0.6) is 0 Å². The monoisotopic (exact) mass is 382 g/mol. The quantitative estimate of drug-likeness (QED) is 0.748. The molecule has 7 heteroatoms. The van der Waals surface area contributed by atoms with Crippen LogP contribution in [0.15, 0.2) is 35.0 Å². The molecule has 0 atom stereocenters. The Labute approximate surface area is 162 Å². The number of halogens is 1. The van der Waals surface area contributed by atoms with Gasteiger partial charge in [-0.15, -0.1) is 0 Å². The lowest BCUT2D eigenvalue weighted by Crippen LogP contribution is -2.40. The summed E-state index contributed by atoms with van der Waals surface area (Å²) in [6, 6.07) is 6.19. The van der Waals surface area contributed by atoms with Crippen molar-refractivity contribution in [2.75, 3.05) is 18.0 Å². The van der Waals surface area contributed by atoms with E-state index >= 15 is 0 Å². The van der Waals surface area contributed by atoms with Gasteiger partial charge in [0, 0.05) is 31.1 Å². The van der Waals surface area contributed by atoms with E-state index in [9.17, 15) is 9.18 Å². The predicted molar refractivity (Wildman–Crippen MR) is 104 cm³/mol. The van der Waals surface area contributed by atoms with E-state index in [1.807, 2.05) is 13.8 Å². The smallest absolute Gasteiger partial charge is 0.231 e. The molecule has 146 valence electrons. The average molecular weight is 382 g/mol. The summed E-state index contributed by atoms with van der Waals surface area (Å²) in [6.45, 7) is 5.87. The molecule has 0 bridgehead atoms. The molecule has 0 saturated carbocycles. The van der Waals surface area contributed by atoms with E-state index in [1.54, 1.807) is 12.1 Å². The summed E-state index contributed by atoms with van der Waals surface area (Å²) in [5.74, 6) is 1.48. The van der Waals surface area contributed by atoms with Crippen LogP contribution in [0.25, 0.3) is 11.1 Å². The Balaban J connectivity index is 1.38. The number of nitrogens with zero attached hydrogens (tertiary/aromatic N) is 3. The highest BCUT2D eigenvalue weighted by atomic mass is 19.1. The van der Waals surface area contributed by atoms with Crippen LogP contribution in [0.1, 0.15) is 29.7 Å². The number of aromatic nitrogens is 2. The molecule has 4 rings (SSSR count). The van der Waals surface area contributed by atoms with Crippen LogP contribution < -0.4 is 10.2 Å². The number of hydrogen-bond acceptors (Lipinski definition) is 5. The second-order valence-electron chi connectivity index (χ2n) is 7.27. The van der Waals surface area contributed by atoms with Gasteiger partial charge in [0.1, 0.15) is 23.7 Å². The highest BCUT2D eigenvalue weighted by molar-refractivity contribution is 5.90. The van der Waals surface area contributed by atoms with Gasteiger partial charge in [-0.2, -0.15) is 0 Å². The molecule has 2 aromatic heterocycles. The first-order valence-corrected chi connectivity index (χ1v) is 9.50. The second kappa shape index (κ2) is 7.58. The van der Waals surface area contributed by atoms with Crippen molar-refractivity contribution in [2.24, 2.45) is 5.92 Å². The van der Waals surface area contributed by atoms with E-state index in [-0.39, 0.29) is 17.6 Å². The van der Waals surface area contributed by atoms with Crippen molar-refractivity contribution in [1.29, 1.82) is 0 Å². The van der Waals surface area contributed by atoms with Crippen LogP contribution in [0.3, 0.4) is 0 Å². The number of furan rings is 1. The highest BCUT2D eigenvalue weighted by Crippen LogP contribution is 2.32. The molecule has 1 amide bonds. The number of fused-ring (bicyclic) bond motifs is 1. The molecule has 28 heavy (non-hydrogen) atoms. The van der Waals surface area contributed by atoms with Crippen LogP contribution in [0, 0.1) is 25.6 Å². The third-order valence-corrected chi connectivity index (χ3v) is 5.49. The van der Waals surface area contributed by atoms with Gasteiger partial charge < -0.3 is 14.6 Å². The topological polar surface area (TPSA) is 71.3 Å². The minimum atomic E-state index is -0.274. The first kappa shape index (κ1) is 18.4.